The van der Waals surface area contributed by atoms with E-state index in [1.54, 1.807) is 25.1 Å². The maximum absolute atomic E-state index is 12.5. The van der Waals surface area contributed by atoms with Crippen molar-refractivity contribution in [2.75, 3.05) is 37.8 Å². The number of aryl methyl sites for hydroxylation is 1. The topological polar surface area (TPSA) is 70.2 Å². The van der Waals surface area contributed by atoms with Gasteiger partial charge in [0, 0.05) is 29.9 Å². The molecule has 0 radical (unpaired) electrons. The summed E-state index contributed by atoms with van der Waals surface area (Å²) in [5, 5.41) is 6.66. The summed E-state index contributed by atoms with van der Waals surface area (Å²) in [5.41, 5.74) is 1.81. The Morgan fingerprint density at radius 3 is 2.71 bits per heavy atom. The molecule has 0 unspecified atom stereocenters. The number of halogens is 1. The Labute approximate surface area is 147 Å². The van der Waals surface area contributed by atoms with Crippen molar-refractivity contribution in [2.45, 2.75) is 13.8 Å². The number of carbonyl (C=O) groups excluding carboxylic acids is 1. The lowest BCUT2D eigenvalue weighted by atomic mass is 10.2. The first-order valence-corrected chi connectivity index (χ1v) is 8.05. The normalized spacial score (nSPS) is 10.8. The standard InChI is InChI=1S/C17H22ClN5O/c1-11-13(18)6-5-7-14(11)22-17(24)15-10-16(21-12(2)20-15)19-8-9-23(3)4/h5-7,10H,8-9H2,1-4H3,(H,22,24)(H,19,20,21). The van der Waals surface area contributed by atoms with Crippen LogP contribution in [0.5, 0.6) is 0 Å². The van der Waals surface area contributed by atoms with Gasteiger partial charge >= 0.3 is 0 Å². The first-order valence-electron chi connectivity index (χ1n) is 7.67. The SMILES string of the molecule is Cc1nc(NCCN(C)C)cc(C(=O)Nc2cccc(Cl)c2C)n1. The zero-order valence-corrected chi connectivity index (χ0v) is 15.1. The van der Waals surface area contributed by atoms with E-state index in [9.17, 15) is 4.79 Å². The first kappa shape index (κ1) is 18.2. The van der Waals surface area contributed by atoms with E-state index in [0.717, 1.165) is 18.7 Å². The van der Waals surface area contributed by atoms with E-state index in [4.69, 9.17) is 11.6 Å². The molecule has 7 heteroatoms. The Morgan fingerprint density at radius 1 is 1.25 bits per heavy atom. The molecule has 24 heavy (non-hydrogen) atoms. The van der Waals surface area contributed by atoms with Gasteiger partial charge in [-0.2, -0.15) is 0 Å². The zero-order chi connectivity index (χ0) is 17.7. The molecule has 2 rings (SSSR count). The lowest BCUT2D eigenvalue weighted by Crippen LogP contribution is -2.22. The minimum absolute atomic E-state index is 0.290. The molecule has 1 heterocycles. The number of amides is 1. The second-order valence-electron chi connectivity index (χ2n) is 5.78. The van der Waals surface area contributed by atoms with Crippen LogP contribution in [0.25, 0.3) is 0 Å². The van der Waals surface area contributed by atoms with Crippen molar-refractivity contribution in [3.8, 4) is 0 Å². The average molecular weight is 348 g/mol. The van der Waals surface area contributed by atoms with E-state index >= 15 is 0 Å². The molecule has 1 aromatic heterocycles. The summed E-state index contributed by atoms with van der Waals surface area (Å²) in [7, 11) is 4.00. The van der Waals surface area contributed by atoms with E-state index in [-0.39, 0.29) is 5.91 Å². The number of hydrogen-bond acceptors (Lipinski definition) is 5. The van der Waals surface area contributed by atoms with E-state index in [1.807, 2.05) is 27.1 Å². The molecule has 0 fully saturated rings. The predicted octanol–water partition coefficient (Wildman–Crippen LogP) is 2.97. The largest absolute Gasteiger partial charge is 0.369 e. The third kappa shape index (κ3) is 4.91. The highest BCUT2D eigenvalue weighted by Crippen LogP contribution is 2.23. The van der Waals surface area contributed by atoms with E-state index in [1.165, 1.54) is 0 Å². The summed E-state index contributed by atoms with van der Waals surface area (Å²) in [6, 6.07) is 7.04. The summed E-state index contributed by atoms with van der Waals surface area (Å²) in [5.74, 6) is 0.886. The number of hydrogen-bond donors (Lipinski definition) is 2. The fourth-order valence-electron chi connectivity index (χ4n) is 2.11. The minimum atomic E-state index is -0.290. The number of anilines is 2. The van der Waals surface area contributed by atoms with Crippen LogP contribution in [0.4, 0.5) is 11.5 Å². The summed E-state index contributed by atoms with van der Waals surface area (Å²) >= 11 is 6.09. The van der Waals surface area contributed by atoms with Gasteiger partial charge in [-0.05, 0) is 45.6 Å². The Balaban J connectivity index is 2.14. The van der Waals surface area contributed by atoms with Gasteiger partial charge in [0.2, 0.25) is 0 Å². The molecule has 6 nitrogen and oxygen atoms in total. The van der Waals surface area contributed by atoms with Gasteiger partial charge in [-0.15, -0.1) is 0 Å². The van der Waals surface area contributed by atoms with Gasteiger partial charge in [-0.1, -0.05) is 17.7 Å². The molecular weight excluding hydrogens is 326 g/mol. The maximum Gasteiger partial charge on any atom is 0.274 e. The van der Waals surface area contributed by atoms with Crippen LogP contribution in [0.1, 0.15) is 21.9 Å². The van der Waals surface area contributed by atoms with E-state index < -0.39 is 0 Å². The number of nitrogens with one attached hydrogen (secondary N) is 2. The van der Waals surface area contributed by atoms with Gasteiger partial charge in [0.25, 0.3) is 5.91 Å². The number of carbonyl (C=O) groups is 1. The lowest BCUT2D eigenvalue weighted by molar-refractivity contribution is 0.102. The van der Waals surface area contributed by atoms with Crippen LogP contribution in [-0.2, 0) is 0 Å². The molecule has 0 aliphatic rings. The highest BCUT2D eigenvalue weighted by atomic mass is 35.5. The van der Waals surface area contributed by atoms with Crippen LogP contribution in [-0.4, -0.2) is 48.0 Å². The summed E-state index contributed by atoms with van der Waals surface area (Å²) in [6.45, 7) is 5.22. The molecule has 0 saturated carbocycles. The number of rotatable bonds is 6. The monoisotopic (exact) mass is 347 g/mol. The molecule has 2 aromatic rings. The Morgan fingerprint density at radius 2 is 2.00 bits per heavy atom. The molecule has 0 spiro atoms. The lowest BCUT2D eigenvalue weighted by Gasteiger charge is -2.12. The quantitative estimate of drug-likeness (QED) is 0.840. The van der Waals surface area contributed by atoms with Crippen LogP contribution in [0.2, 0.25) is 5.02 Å². The highest BCUT2D eigenvalue weighted by Gasteiger charge is 2.12. The zero-order valence-electron chi connectivity index (χ0n) is 14.4. The van der Waals surface area contributed by atoms with Gasteiger partial charge in [0.15, 0.2) is 0 Å². The molecular formula is C17H22ClN5O. The van der Waals surface area contributed by atoms with Crippen molar-refractivity contribution in [1.29, 1.82) is 0 Å². The van der Waals surface area contributed by atoms with Crippen molar-refractivity contribution in [3.05, 3.63) is 46.4 Å². The highest BCUT2D eigenvalue weighted by molar-refractivity contribution is 6.31. The third-order valence-corrected chi connectivity index (χ3v) is 3.86. The molecule has 0 aliphatic carbocycles. The van der Waals surface area contributed by atoms with Crippen LogP contribution < -0.4 is 10.6 Å². The van der Waals surface area contributed by atoms with Gasteiger partial charge in [-0.3, -0.25) is 4.79 Å². The van der Waals surface area contributed by atoms with E-state index in [0.29, 0.717) is 28.0 Å². The van der Waals surface area contributed by atoms with Crippen LogP contribution >= 0.6 is 11.6 Å². The fourth-order valence-corrected chi connectivity index (χ4v) is 2.29. The van der Waals surface area contributed by atoms with Gasteiger partial charge < -0.3 is 15.5 Å². The molecule has 128 valence electrons. The number of nitrogens with zero attached hydrogens (tertiary/aromatic N) is 3. The van der Waals surface area contributed by atoms with Crippen LogP contribution in [0.15, 0.2) is 24.3 Å². The Bertz CT molecular complexity index is 733. The molecule has 0 saturated heterocycles. The van der Waals surface area contributed by atoms with Crippen molar-refractivity contribution < 1.29 is 4.79 Å². The van der Waals surface area contributed by atoms with Gasteiger partial charge in [0.1, 0.15) is 17.3 Å². The predicted molar refractivity (Wildman–Crippen MR) is 98.0 cm³/mol. The number of aromatic nitrogens is 2. The average Bonchev–Trinajstić information content (AvgIpc) is 2.51. The molecule has 2 N–H and O–H groups in total. The van der Waals surface area contributed by atoms with Crippen molar-refractivity contribution in [1.82, 2.24) is 14.9 Å². The van der Waals surface area contributed by atoms with Crippen molar-refractivity contribution >= 4 is 29.0 Å². The summed E-state index contributed by atoms with van der Waals surface area (Å²) in [4.78, 5) is 23.1. The third-order valence-electron chi connectivity index (χ3n) is 3.45. The maximum atomic E-state index is 12.5. The van der Waals surface area contributed by atoms with Gasteiger partial charge in [0.05, 0.1) is 0 Å². The summed E-state index contributed by atoms with van der Waals surface area (Å²) in [6.07, 6.45) is 0. The number of likely N-dealkylation sites (N-methyl/N-ethyl adjacent to an activating group) is 1. The Hall–Kier alpha value is -2.18. The van der Waals surface area contributed by atoms with Gasteiger partial charge in [-0.25, -0.2) is 9.97 Å². The smallest absolute Gasteiger partial charge is 0.274 e. The molecule has 0 bridgehead atoms. The van der Waals surface area contributed by atoms with Crippen molar-refractivity contribution in [3.63, 3.8) is 0 Å². The molecule has 1 aromatic carbocycles. The second-order valence-corrected chi connectivity index (χ2v) is 6.19. The molecule has 0 aliphatic heterocycles. The fraction of sp³-hybridized carbons (Fsp3) is 0.353. The molecule has 0 atom stereocenters. The summed E-state index contributed by atoms with van der Waals surface area (Å²) < 4.78 is 0. The minimum Gasteiger partial charge on any atom is -0.369 e. The molecule has 1 amide bonds. The Kier molecular flexibility index (Phi) is 6.11. The second kappa shape index (κ2) is 8.08. The van der Waals surface area contributed by atoms with Crippen molar-refractivity contribution in [2.24, 2.45) is 0 Å². The van der Waals surface area contributed by atoms with Crippen LogP contribution in [0, 0.1) is 13.8 Å². The van der Waals surface area contributed by atoms with E-state index in [2.05, 4.69) is 25.5 Å². The van der Waals surface area contributed by atoms with Crippen LogP contribution in [0.3, 0.4) is 0 Å². The number of benzene rings is 1. The first-order chi connectivity index (χ1) is 11.4.